The van der Waals surface area contributed by atoms with Gasteiger partial charge in [0.25, 0.3) is 0 Å². The van der Waals surface area contributed by atoms with Crippen molar-refractivity contribution in [2.24, 2.45) is 5.92 Å². The zero-order valence-electron chi connectivity index (χ0n) is 15.9. The second kappa shape index (κ2) is 8.07. The molecule has 0 spiro atoms. The Bertz CT molecular complexity index is 701. The van der Waals surface area contributed by atoms with Crippen molar-refractivity contribution in [1.82, 2.24) is 9.97 Å². The fourth-order valence-electron chi connectivity index (χ4n) is 4.30. The topological polar surface area (TPSA) is 32.3 Å². The van der Waals surface area contributed by atoms with E-state index in [0.717, 1.165) is 49.6 Å². The first-order valence-electron chi connectivity index (χ1n) is 10.2. The van der Waals surface area contributed by atoms with Crippen LogP contribution < -0.4 is 9.80 Å². The van der Waals surface area contributed by atoms with E-state index in [1.807, 2.05) is 6.92 Å². The monoisotopic (exact) mass is 350 g/mol. The first-order valence-corrected chi connectivity index (χ1v) is 10.2. The molecular weight excluding hydrogens is 320 g/mol. The lowest BCUT2D eigenvalue weighted by molar-refractivity contribution is 0.402. The third-order valence-corrected chi connectivity index (χ3v) is 5.80. The average Bonchev–Trinajstić information content (AvgIpc) is 2.70. The van der Waals surface area contributed by atoms with E-state index < -0.39 is 0 Å². The summed E-state index contributed by atoms with van der Waals surface area (Å²) in [6.07, 6.45) is 7.61. The van der Waals surface area contributed by atoms with E-state index in [9.17, 15) is 0 Å². The quantitative estimate of drug-likeness (QED) is 0.826. The standard InChI is InChI=1S/C22H30N4/c1-18-23-21(25-12-6-3-7-13-25)17-22(24-18)26-14-10-20(11-15-26)16-19-8-4-2-5-9-19/h2,4-5,8-9,17,20H,3,6-7,10-16H2,1H3. The van der Waals surface area contributed by atoms with Crippen LogP contribution in [0.25, 0.3) is 0 Å². The molecule has 2 aliphatic heterocycles. The number of hydrogen-bond donors (Lipinski definition) is 0. The largest absolute Gasteiger partial charge is 0.356 e. The molecule has 1 aromatic carbocycles. The SMILES string of the molecule is Cc1nc(N2CCCCC2)cc(N2CCC(Cc3ccccc3)CC2)n1. The second-order valence-electron chi connectivity index (χ2n) is 7.80. The van der Waals surface area contributed by atoms with Gasteiger partial charge in [-0.25, -0.2) is 9.97 Å². The van der Waals surface area contributed by atoms with Crippen molar-refractivity contribution in [3.8, 4) is 0 Å². The fraction of sp³-hybridized carbons (Fsp3) is 0.545. The molecule has 2 aliphatic rings. The average molecular weight is 351 g/mol. The molecule has 2 fully saturated rings. The Labute approximate surface area is 157 Å². The van der Waals surface area contributed by atoms with Gasteiger partial charge in [-0.05, 0) is 56.9 Å². The molecule has 3 heterocycles. The van der Waals surface area contributed by atoms with E-state index in [1.165, 1.54) is 44.1 Å². The summed E-state index contributed by atoms with van der Waals surface area (Å²) in [6, 6.07) is 13.1. The summed E-state index contributed by atoms with van der Waals surface area (Å²) in [5.41, 5.74) is 1.47. The van der Waals surface area contributed by atoms with Gasteiger partial charge in [-0.3, -0.25) is 0 Å². The molecule has 4 rings (SSSR count). The highest BCUT2D eigenvalue weighted by Gasteiger charge is 2.22. The molecule has 2 aromatic rings. The van der Waals surface area contributed by atoms with E-state index in [2.05, 4.69) is 46.2 Å². The van der Waals surface area contributed by atoms with Crippen LogP contribution in [-0.4, -0.2) is 36.1 Å². The maximum atomic E-state index is 4.75. The van der Waals surface area contributed by atoms with Gasteiger partial charge in [0.15, 0.2) is 0 Å². The zero-order chi connectivity index (χ0) is 17.8. The van der Waals surface area contributed by atoms with Gasteiger partial charge in [-0.2, -0.15) is 0 Å². The first kappa shape index (κ1) is 17.3. The summed E-state index contributed by atoms with van der Waals surface area (Å²) in [7, 11) is 0. The summed E-state index contributed by atoms with van der Waals surface area (Å²) in [4.78, 5) is 14.4. The van der Waals surface area contributed by atoms with Crippen LogP contribution in [-0.2, 0) is 6.42 Å². The summed E-state index contributed by atoms with van der Waals surface area (Å²) < 4.78 is 0. The molecule has 0 unspecified atom stereocenters. The van der Waals surface area contributed by atoms with Gasteiger partial charge in [-0.1, -0.05) is 30.3 Å². The van der Waals surface area contributed by atoms with Crippen LogP contribution in [0.15, 0.2) is 36.4 Å². The van der Waals surface area contributed by atoms with E-state index in [4.69, 9.17) is 9.97 Å². The Morgan fingerprint density at radius 3 is 2.12 bits per heavy atom. The van der Waals surface area contributed by atoms with Gasteiger partial charge >= 0.3 is 0 Å². The minimum absolute atomic E-state index is 0.790. The lowest BCUT2D eigenvalue weighted by Gasteiger charge is -2.34. The summed E-state index contributed by atoms with van der Waals surface area (Å²) in [6.45, 7) is 6.50. The van der Waals surface area contributed by atoms with Crippen LogP contribution in [0.3, 0.4) is 0 Å². The fourth-order valence-corrected chi connectivity index (χ4v) is 4.30. The van der Waals surface area contributed by atoms with Crippen LogP contribution >= 0.6 is 0 Å². The lowest BCUT2D eigenvalue weighted by atomic mass is 9.90. The van der Waals surface area contributed by atoms with Gasteiger partial charge in [0.05, 0.1) is 0 Å². The number of nitrogens with zero attached hydrogens (tertiary/aromatic N) is 4. The van der Waals surface area contributed by atoms with Gasteiger partial charge in [0.1, 0.15) is 17.5 Å². The van der Waals surface area contributed by atoms with E-state index >= 15 is 0 Å². The highest BCUT2D eigenvalue weighted by Crippen LogP contribution is 2.27. The van der Waals surface area contributed by atoms with Crippen LogP contribution in [0.1, 0.15) is 43.5 Å². The predicted octanol–water partition coefficient (Wildman–Crippen LogP) is 4.23. The lowest BCUT2D eigenvalue weighted by Crippen LogP contribution is -2.36. The number of piperidine rings is 2. The Balaban J connectivity index is 1.40. The maximum absolute atomic E-state index is 4.75. The highest BCUT2D eigenvalue weighted by molar-refractivity contribution is 5.51. The predicted molar refractivity (Wildman–Crippen MR) is 108 cm³/mol. The van der Waals surface area contributed by atoms with E-state index in [-0.39, 0.29) is 0 Å². The van der Waals surface area contributed by atoms with Crippen LogP contribution in [0.5, 0.6) is 0 Å². The number of aromatic nitrogens is 2. The third-order valence-electron chi connectivity index (χ3n) is 5.80. The Hall–Kier alpha value is -2.10. The second-order valence-corrected chi connectivity index (χ2v) is 7.80. The molecule has 4 nitrogen and oxygen atoms in total. The maximum Gasteiger partial charge on any atom is 0.134 e. The van der Waals surface area contributed by atoms with Crippen LogP contribution in [0, 0.1) is 12.8 Å². The third kappa shape index (κ3) is 4.17. The van der Waals surface area contributed by atoms with Crippen molar-refractivity contribution in [2.75, 3.05) is 36.0 Å². The minimum atomic E-state index is 0.790. The number of rotatable bonds is 4. The van der Waals surface area contributed by atoms with Crippen molar-refractivity contribution >= 4 is 11.6 Å². The molecule has 138 valence electrons. The van der Waals surface area contributed by atoms with Crippen molar-refractivity contribution in [3.05, 3.63) is 47.8 Å². The summed E-state index contributed by atoms with van der Waals surface area (Å²) in [5, 5.41) is 0. The smallest absolute Gasteiger partial charge is 0.134 e. The highest BCUT2D eigenvalue weighted by atomic mass is 15.2. The van der Waals surface area contributed by atoms with Crippen molar-refractivity contribution < 1.29 is 0 Å². The van der Waals surface area contributed by atoms with Crippen LogP contribution in [0.2, 0.25) is 0 Å². The van der Waals surface area contributed by atoms with Gasteiger partial charge in [0, 0.05) is 32.2 Å². The Morgan fingerprint density at radius 2 is 1.46 bits per heavy atom. The molecule has 0 aliphatic carbocycles. The molecule has 0 saturated carbocycles. The van der Waals surface area contributed by atoms with E-state index in [1.54, 1.807) is 0 Å². The molecule has 1 aromatic heterocycles. The Kier molecular flexibility index (Phi) is 5.37. The van der Waals surface area contributed by atoms with Crippen molar-refractivity contribution in [3.63, 3.8) is 0 Å². The van der Waals surface area contributed by atoms with Crippen LogP contribution in [0.4, 0.5) is 11.6 Å². The Morgan fingerprint density at radius 1 is 0.846 bits per heavy atom. The minimum Gasteiger partial charge on any atom is -0.356 e. The molecule has 0 bridgehead atoms. The molecule has 0 atom stereocenters. The molecule has 0 amide bonds. The molecule has 26 heavy (non-hydrogen) atoms. The number of benzene rings is 1. The molecule has 2 saturated heterocycles. The van der Waals surface area contributed by atoms with Gasteiger partial charge in [-0.15, -0.1) is 0 Å². The van der Waals surface area contributed by atoms with Gasteiger partial charge in [0.2, 0.25) is 0 Å². The normalized spacial score (nSPS) is 19.0. The number of hydrogen-bond acceptors (Lipinski definition) is 4. The van der Waals surface area contributed by atoms with Crippen molar-refractivity contribution in [1.29, 1.82) is 0 Å². The first-order chi connectivity index (χ1) is 12.8. The zero-order valence-corrected chi connectivity index (χ0v) is 15.9. The molecule has 4 heteroatoms. The molecule has 0 N–H and O–H groups in total. The van der Waals surface area contributed by atoms with E-state index in [0.29, 0.717) is 0 Å². The number of anilines is 2. The van der Waals surface area contributed by atoms with Gasteiger partial charge < -0.3 is 9.80 Å². The number of aryl methyl sites for hydroxylation is 1. The molecule has 0 radical (unpaired) electrons. The molecular formula is C22H30N4. The summed E-state index contributed by atoms with van der Waals surface area (Å²) in [5.74, 6) is 3.93. The van der Waals surface area contributed by atoms with Crippen molar-refractivity contribution in [2.45, 2.75) is 45.4 Å². The summed E-state index contributed by atoms with van der Waals surface area (Å²) >= 11 is 0.